The minimum atomic E-state index is 0.0542. The van der Waals surface area contributed by atoms with Crippen LogP contribution in [0.3, 0.4) is 0 Å². The number of carbonyl (C=O) groups is 1. The van der Waals surface area contributed by atoms with E-state index in [0.717, 1.165) is 42.2 Å². The van der Waals surface area contributed by atoms with Crippen molar-refractivity contribution in [2.75, 3.05) is 26.2 Å². The van der Waals surface area contributed by atoms with E-state index in [2.05, 4.69) is 29.0 Å². The van der Waals surface area contributed by atoms with Gasteiger partial charge in [-0.3, -0.25) is 4.79 Å². The van der Waals surface area contributed by atoms with Crippen molar-refractivity contribution in [3.8, 4) is 0 Å². The number of rotatable bonds is 7. The molecule has 1 N–H and O–H groups in total. The normalized spacial score (nSPS) is 11.3. The average Bonchev–Trinajstić information content (AvgIpc) is 2.82. The van der Waals surface area contributed by atoms with Crippen LogP contribution in [0, 0.1) is 13.8 Å². The van der Waals surface area contributed by atoms with E-state index >= 15 is 0 Å². The van der Waals surface area contributed by atoms with Crippen LogP contribution in [0.25, 0.3) is 5.65 Å². The van der Waals surface area contributed by atoms with Crippen LogP contribution in [-0.2, 0) is 11.2 Å². The second-order valence-corrected chi connectivity index (χ2v) is 5.58. The number of nitrogens with zero attached hydrogens (tertiary/aromatic N) is 3. The molecule has 2 aromatic rings. The van der Waals surface area contributed by atoms with Gasteiger partial charge in [0.2, 0.25) is 5.91 Å². The number of hydrogen-bond donors (Lipinski definition) is 1. The van der Waals surface area contributed by atoms with E-state index in [1.165, 1.54) is 0 Å². The van der Waals surface area contributed by atoms with E-state index in [4.69, 9.17) is 0 Å². The van der Waals surface area contributed by atoms with E-state index in [9.17, 15) is 4.79 Å². The molecule has 0 fully saturated rings. The molecule has 0 aliphatic rings. The standard InChI is InChI=1S/C17H26N4O/c1-5-20(6-2)11-9-18-16(22)12-15-14(4)19-17-13(3)8-7-10-21(15)17/h7-8,10H,5-6,9,11-12H2,1-4H3,(H,18,22). The SMILES string of the molecule is CCN(CC)CCNC(=O)Cc1c(C)nc2c(C)cccn12. The highest BCUT2D eigenvalue weighted by molar-refractivity contribution is 5.78. The van der Waals surface area contributed by atoms with Gasteiger partial charge in [0.25, 0.3) is 0 Å². The van der Waals surface area contributed by atoms with E-state index in [0.29, 0.717) is 13.0 Å². The van der Waals surface area contributed by atoms with Crippen molar-refractivity contribution < 1.29 is 4.79 Å². The summed E-state index contributed by atoms with van der Waals surface area (Å²) in [5, 5.41) is 3.00. The van der Waals surface area contributed by atoms with Crippen LogP contribution >= 0.6 is 0 Å². The summed E-state index contributed by atoms with van der Waals surface area (Å²) in [6, 6.07) is 4.03. The number of hydrogen-bond acceptors (Lipinski definition) is 3. The van der Waals surface area contributed by atoms with E-state index in [1.54, 1.807) is 0 Å². The summed E-state index contributed by atoms with van der Waals surface area (Å²) in [7, 11) is 0. The van der Waals surface area contributed by atoms with Crippen LogP contribution in [0.1, 0.15) is 30.8 Å². The number of carbonyl (C=O) groups excluding carboxylic acids is 1. The van der Waals surface area contributed by atoms with Gasteiger partial charge in [0.1, 0.15) is 5.65 Å². The van der Waals surface area contributed by atoms with Gasteiger partial charge < -0.3 is 14.6 Å². The summed E-state index contributed by atoms with van der Waals surface area (Å²) in [5.74, 6) is 0.0542. The molecule has 0 spiro atoms. The van der Waals surface area contributed by atoms with Crippen LogP contribution < -0.4 is 5.32 Å². The highest BCUT2D eigenvalue weighted by Gasteiger charge is 2.13. The van der Waals surface area contributed by atoms with E-state index < -0.39 is 0 Å². The number of pyridine rings is 1. The lowest BCUT2D eigenvalue weighted by Gasteiger charge is -2.17. The number of imidazole rings is 1. The van der Waals surface area contributed by atoms with Gasteiger partial charge in [-0.2, -0.15) is 0 Å². The largest absolute Gasteiger partial charge is 0.354 e. The fourth-order valence-electron chi connectivity index (χ4n) is 2.69. The third-order valence-corrected chi connectivity index (χ3v) is 4.12. The molecule has 2 heterocycles. The summed E-state index contributed by atoms with van der Waals surface area (Å²) in [5.41, 5.74) is 3.96. The second kappa shape index (κ2) is 7.40. The molecule has 0 saturated carbocycles. The number of aryl methyl sites for hydroxylation is 2. The third-order valence-electron chi connectivity index (χ3n) is 4.12. The Morgan fingerprint density at radius 2 is 2.05 bits per heavy atom. The Labute approximate surface area is 132 Å². The maximum atomic E-state index is 12.2. The maximum Gasteiger partial charge on any atom is 0.226 e. The highest BCUT2D eigenvalue weighted by Crippen LogP contribution is 2.15. The van der Waals surface area contributed by atoms with Crippen molar-refractivity contribution in [3.63, 3.8) is 0 Å². The molecule has 0 aliphatic heterocycles. The molecule has 120 valence electrons. The minimum absolute atomic E-state index is 0.0542. The molecule has 0 aliphatic carbocycles. The first kappa shape index (κ1) is 16.5. The Balaban J connectivity index is 2.00. The smallest absolute Gasteiger partial charge is 0.226 e. The van der Waals surface area contributed by atoms with Gasteiger partial charge in [0, 0.05) is 19.3 Å². The molecule has 0 aromatic carbocycles. The van der Waals surface area contributed by atoms with Crippen molar-refractivity contribution in [2.45, 2.75) is 34.1 Å². The fraction of sp³-hybridized carbons (Fsp3) is 0.529. The minimum Gasteiger partial charge on any atom is -0.354 e. The van der Waals surface area contributed by atoms with E-state index in [-0.39, 0.29) is 5.91 Å². The maximum absolute atomic E-state index is 12.2. The lowest BCUT2D eigenvalue weighted by molar-refractivity contribution is -0.120. The van der Waals surface area contributed by atoms with Crippen molar-refractivity contribution in [1.82, 2.24) is 19.6 Å². The second-order valence-electron chi connectivity index (χ2n) is 5.58. The summed E-state index contributed by atoms with van der Waals surface area (Å²) >= 11 is 0. The molecule has 5 heteroatoms. The molecule has 1 amide bonds. The van der Waals surface area contributed by atoms with Gasteiger partial charge in [-0.05, 0) is 38.6 Å². The summed E-state index contributed by atoms with van der Waals surface area (Å²) in [4.78, 5) is 19.0. The first-order chi connectivity index (χ1) is 10.6. The van der Waals surface area contributed by atoms with Crippen LogP contribution in [-0.4, -0.2) is 46.4 Å². The molecule has 0 radical (unpaired) electrons. The molecule has 0 saturated heterocycles. The molecule has 0 unspecified atom stereocenters. The number of likely N-dealkylation sites (N-methyl/N-ethyl adjacent to an activating group) is 1. The Morgan fingerprint density at radius 1 is 1.32 bits per heavy atom. The number of nitrogens with one attached hydrogen (secondary N) is 1. The molecule has 0 bridgehead atoms. The summed E-state index contributed by atoms with van der Waals surface area (Å²) in [6.45, 7) is 11.9. The van der Waals surface area contributed by atoms with Crippen LogP contribution in [0.2, 0.25) is 0 Å². The lowest BCUT2D eigenvalue weighted by atomic mass is 10.2. The molecular weight excluding hydrogens is 276 g/mol. The Morgan fingerprint density at radius 3 is 2.73 bits per heavy atom. The molecule has 22 heavy (non-hydrogen) atoms. The van der Waals surface area contributed by atoms with Gasteiger partial charge in [0.05, 0.1) is 17.8 Å². The van der Waals surface area contributed by atoms with Crippen molar-refractivity contribution in [1.29, 1.82) is 0 Å². The monoisotopic (exact) mass is 302 g/mol. The highest BCUT2D eigenvalue weighted by atomic mass is 16.1. The predicted octanol–water partition coefficient (Wildman–Crippen LogP) is 1.95. The predicted molar refractivity (Wildman–Crippen MR) is 89.2 cm³/mol. The molecule has 2 rings (SSSR count). The molecule has 5 nitrogen and oxygen atoms in total. The Hall–Kier alpha value is -1.88. The zero-order chi connectivity index (χ0) is 16.1. The average molecular weight is 302 g/mol. The van der Waals surface area contributed by atoms with Gasteiger partial charge in [-0.15, -0.1) is 0 Å². The van der Waals surface area contributed by atoms with Crippen LogP contribution in [0.15, 0.2) is 18.3 Å². The van der Waals surface area contributed by atoms with E-state index in [1.807, 2.05) is 36.6 Å². The first-order valence-corrected chi connectivity index (χ1v) is 7.99. The number of fused-ring (bicyclic) bond motifs is 1. The molecule has 0 atom stereocenters. The Kier molecular flexibility index (Phi) is 5.55. The van der Waals surface area contributed by atoms with Gasteiger partial charge in [-0.1, -0.05) is 19.9 Å². The zero-order valence-corrected chi connectivity index (χ0v) is 14.0. The van der Waals surface area contributed by atoms with Crippen LogP contribution in [0.4, 0.5) is 0 Å². The topological polar surface area (TPSA) is 49.6 Å². The summed E-state index contributed by atoms with van der Waals surface area (Å²) in [6.07, 6.45) is 2.34. The van der Waals surface area contributed by atoms with Gasteiger partial charge in [-0.25, -0.2) is 4.98 Å². The zero-order valence-electron chi connectivity index (χ0n) is 14.0. The van der Waals surface area contributed by atoms with Crippen molar-refractivity contribution in [3.05, 3.63) is 35.3 Å². The van der Waals surface area contributed by atoms with Gasteiger partial charge in [0.15, 0.2) is 0 Å². The van der Waals surface area contributed by atoms with Crippen molar-refractivity contribution in [2.24, 2.45) is 0 Å². The molecular formula is C17H26N4O. The number of amides is 1. The summed E-state index contributed by atoms with van der Waals surface area (Å²) < 4.78 is 2.02. The van der Waals surface area contributed by atoms with Crippen molar-refractivity contribution >= 4 is 11.6 Å². The molecule has 2 aromatic heterocycles. The fourth-order valence-corrected chi connectivity index (χ4v) is 2.69. The quantitative estimate of drug-likeness (QED) is 0.850. The first-order valence-electron chi connectivity index (χ1n) is 7.99. The third kappa shape index (κ3) is 3.65. The van der Waals surface area contributed by atoms with Gasteiger partial charge >= 0.3 is 0 Å². The Bertz CT molecular complexity index is 643. The van der Waals surface area contributed by atoms with Crippen LogP contribution in [0.5, 0.6) is 0 Å². The number of aromatic nitrogens is 2. The lowest BCUT2D eigenvalue weighted by Crippen LogP contribution is -2.35.